The monoisotopic (exact) mass is 1460 g/mol. The number of terminal acetylenes is 1. The third kappa shape index (κ3) is 25.4. The molecule has 0 bridgehead atoms. The van der Waals surface area contributed by atoms with Crippen molar-refractivity contribution in [1.29, 1.82) is 0 Å². The molecule has 4 fully saturated rings. The number of piperazine rings is 1. The summed E-state index contributed by atoms with van der Waals surface area (Å²) in [5, 5.41) is 18.2. The number of thioether (sulfide) groups is 1. The molecular formula is C65H87F2IN12O14S. The van der Waals surface area contributed by atoms with Crippen molar-refractivity contribution >= 4 is 106 Å². The Morgan fingerprint density at radius 3 is 2.09 bits per heavy atom. The third-order valence-corrected chi connectivity index (χ3v) is 19.1. The van der Waals surface area contributed by atoms with Gasteiger partial charge in [-0.25, -0.2) is 8.78 Å². The van der Waals surface area contributed by atoms with Crippen LogP contribution in [0.2, 0.25) is 0 Å². The molecule has 0 aliphatic carbocycles. The number of carbonyl (C=O) groups excluding carboxylic acids is 9. The standard InChI is InChI=1S/C65H87F2IN12O14S/c1-2-51-38-65(66,67)43-80(51)61(87)39-71-63(90)53-18-20-69-55-17-16-52(36-54(53)55)94-35-7-21-73-31-33-78(34-32-73)59(85)11-6-22-79-60(86)37-56(64(79)91)95-42-50(9-3-4-19-70-57(83)10-5-8-48-12-14-49(68)15-13-48)72-58(84)40-74-23-24-75(41-62(88)89)26-28-77(45-93-47-82)30-29-76(27-25-74)44-92-46-81/h1,12-18,20,36,46-47,50-51,56H,3-11,19,21-35,37-45H2,(H,70,83)(H,71,90)(H,72,84)(H,88,89)/t50?,51-,56?/m0/s1. The molecule has 2 unspecified atom stereocenters. The summed E-state index contributed by atoms with van der Waals surface area (Å²) in [6.45, 7) is 5.79. The van der Waals surface area contributed by atoms with Crippen LogP contribution in [0.3, 0.4) is 0 Å². The first-order chi connectivity index (χ1) is 45.8. The van der Waals surface area contributed by atoms with Crippen LogP contribution in [0.5, 0.6) is 5.75 Å². The smallest absolute Gasteiger partial charge is 0.317 e. The number of ether oxygens (including phenoxy) is 3. The Morgan fingerprint density at radius 1 is 0.768 bits per heavy atom. The van der Waals surface area contributed by atoms with Crippen molar-refractivity contribution in [2.24, 2.45) is 0 Å². The van der Waals surface area contributed by atoms with Crippen LogP contribution in [0.15, 0.2) is 54.7 Å². The quantitative estimate of drug-likeness (QED) is 0.0216. The first-order valence-corrected chi connectivity index (χ1v) is 34.3. The molecule has 2 aromatic carbocycles. The fourth-order valence-corrected chi connectivity index (χ4v) is 13.3. The number of nitrogens with zero attached hydrogens (tertiary/aromatic N) is 9. The van der Waals surface area contributed by atoms with Crippen LogP contribution < -0.4 is 20.7 Å². The van der Waals surface area contributed by atoms with Crippen LogP contribution in [0.1, 0.15) is 80.1 Å². The summed E-state index contributed by atoms with van der Waals surface area (Å²) in [5.41, 5.74) is 1.90. The molecule has 0 radical (unpaired) electrons. The Labute approximate surface area is 570 Å². The number of halogens is 3. The van der Waals surface area contributed by atoms with E-state index in [1.165, 1.54) is 34.5 Å². The second-order valence-corrected chi connectivity index (χ2v) is 26.5. The van der Waals surface area contributed by atoms with Gasteiger partial charge in [-0.05, 0) is 109 Å². The molecule has 5 heterocycles. The van der Waals surface area contributed by atoms with Crippen LogP contribution in [0, 0.1) is 15.9 Å². The van der Waals surface area contributed by atoms with Crippen LogP contribution in [0.25, 0.3) is 10.9 Å². The van der Waals surface area contributed by atoms with E-state index in [0.717, 1.165) is 14.9 Å². The molecule has 7 amide bonds. The molecule has 3 atom stereocenters. The fraction of sp³-hybridized carbons (Fsp3) is 0.585. The van der Waals surface area contributed by atoms with Gasteiger partial charge < -0.3 is 45.1 Å². The highest BCUT2D eigenvalue weighted by Gasteiger charge is 2.46. The average Bonchev–Trinajstić information content (AvgIpc) is 1.67. The number of aryl methyl sites for hydroxylation is 1. The molecule has 1 aromatic heterocycles. The number of likely N-dealkylation sites (tertiary alicyclic amines) is 2. The third-order valence-electron chi connectivity index (χ3n) is 17.0. The highest BCUT2D eigenvalue weighted by molar-refractivity contribution is 14.1. The summed E-state index contributed by atoms with van der Waals surface area (Å²) in [6.07, 6.45) is 10.9. The van der Waals surface area contributed by atoms with Gasteiger partial charge in [0.2, 0.25) is 35.4 Å². The van der Waals surface area contributed by atoms with Gasteiger partial charge in [0.15, 0.2) is 0 Å². The zero-order chi connectivity index (χ0) is 68.1. The normalized spacial score (nSPS) is 19.1. The van der Waals surface area contributed by atoms with E-state index in [4.69, 9.17) is 20.6 Å². The summed E-state index contributed by atoms with van der Waals surface area (Å²) in [5.74, 6) is -3.50. The number of benzene rings is 2. The van der Waals surface area contributed by atoms with Crippen molar-refractivity contribution in [3.63, 3.8) is 0 Å². The first kappa shape index (κ1) is 75.2. The topological polar surface area (TPSA) is 294 Å². The molecule has 7 rings (SSSR count). The van der Waals surface area contributed by atoms with E-state index in [9.17, 15) is 61.8 Å². The molecule has 4 aliphatic rings. The van der Waals surface area contributed by atoms with Crippen LogP contribution in [-0.4, -0.2) is 283 Å². The molecule has 0 saturated carbocycles. The number of amides is 7. The number of hydrogen-bond acceptors (Lipinski definition) is 20. The predicted octanol–water partition coefficient (Wildman–Crippen LogP) is 2.35. The van der Waals surface area contributed by atoms with Gasteiger partial charge in [0, 0.05) is 151 Å². The maximum absolute atomic E-state index is 14.1. The minimum absolute atomic E-state index is 0.00640. The van der Waals surface area contributed by atoms with E-state index >= 15 is 0 Å². The molecule has 95 heavy (non-hydrogen) atoms. The number of pyridine rings is 1. The van der Waals surface area contributed by atoms with Crippen LogP contribution in [0.4, 0.5) is 8.78 Å². The van der Waals surface area contributed by atoms with Crippen molar-refractivity contribution in [2.45, 2.75) is 93.9 Å². The Hall–Kier alpha value is -7.15. The Kier molecular flexibility index (Phi) is 31.0. The molecule has 3 aromatic rings. The zero-order valence-corrected chi connectivity index (χ0v) is 56.5. The van der Waals surface area contributed by atoms with Crippen molar-refractivity contribution in [2.75, 3.05) is 150 Å². The lowest BCUT2D eigenvalue weighted by Crippen LogP contribution is -2.50. The molecule has 4 aliphatic heterocycles. The van der Waals surface area contributed by atoms with Crippen molar-refractivity contribution in [1.82, 2.24) is 60.1 Å². The summed E-state index contributed by atoms with van der Waals surface area (Å²) in [7, 11) is 0. The van der Waals surface area contributed by atoms with Gasteiger partial charge in [-0.2, -0.15) is 0 Å². The van der Waals surface area contributed by atoms with Gasteiger partial charge >= 0.3 is 5.97 Å². The molecule has 4 saturated heterocycles. The minimum atomic E-state index is -3.10. The number of aromatic nitrogens is 1. The number of fused-ring (bicyclic) bond motifs is 1. The molecule has 26 nitrogen and oxygen atoms in total. The Morgan fingerprint density at radius 2 is 1.43 bits per heavy atom. The highest BCUT2D eigenvalue weighted by atomic mass is 127. The second kappa shape index (κ2) is 39.2. The van der Waals surface area contributed by atoms with Gasteiger partial charge in [0.05, 0.1) is 55.2 Å². The first-order valence-electron chi connectivity index (χ1n) is 32.2. The number of rotatable bonds is 35. The van der Waals surface area contributed by atoms with Gasteiger partial charge in [-0.1, -0.05) is 18.1 Å². The lowest BCUT2D eigenvalue weighted by Gasteiger charge is -2.34. The van der Waals surface area contributed by atoms with Gasteiger partial charge in [-0.3, -0.25) is 82.3 Å². The number of nitrogens with one attached hydrogen (secondary N) is 3. The maximum Gasteiger partial charge on any atom is 0.317 e. The van der Waals surface area contributed by atoms with Gasteiger partial charge in [0.25, 0.3) is 24.8 Å². The maximum atomic E-state index is 14.1. The number of carboxylic acid groups (broad SMARTS) is 1. The summed E-state index contributed by atoms with van der Waals surface area (Å²) < 4.78 is 45.3. The van der Waals surface area contributed by atoms with E-state index < -0.39 is 60.6 Å². The summed E-state index contributed by atoms with van der Waals surface area (Å²) >= 11 is 3.55. The van der Waals surface area contributed by atoms with Gasteiger partial charge in [0.1, 0.15) is 19.2 Å². The average molecular weight is 1460 g/mol. The van der Waals surface area contributed by atoms with Crippen molar-refractivity contribution < 1.29 is 76.0 Å². The van der Waals surface area contributed by atoms with Crippen LogP contribution >= 0.6 is 34.4 Å². The number of aliphatic carboxylic acids is 1. The Balaban J connectivity index is 0.849. The SMILES string of the molecule is C#C[C@H]1CC(F)(F)CN1C(=O)CNC(=O)c1ccnc2ccc(OCCCN3CCN(C(=O)CCCN4C(=O)CC(SCC(CCCCNC(=O)CCCc5ccc(I)cc5)NC(=O)CN5CCN(COC=O)CCN(COC=O)CCN(CC(=O)O)CC5)C4=O)CC3)cc12. The lowest BCUT2D eigenvalue weighted by molar-refractivity contribution is -0.140. The zero-order valence-electron chi connectivity index (χ0n) is 53.5. The fourth-order valence-electron chi connectivity index (χ4n) is 11.7. The number of carbonyl (C=O) groups is 10. The number of imide groups is 1. The van der Waals surface area contributed by atoms with Crippen LogP contribution in [-0.2, 0) is 59.0 Å². The Bertz CT molecular complexity index is 3130. The number of alkyl halides is 2. The summed E-state index contributed by atoms with van der Waals surface area (Å²) in [6, 6.07) is 13.3. The molecular weight excluding hydrogens is 1370 g/mol. The molecule has 0 spiro atoms. The van der Waals surface area contributed by atoms with E-state index in [1.54, 1.807) is 28.0 Å². The molecule has 4 N–H and O–H groups in total. The largest absolute Gasteiger partial charge is 0.494 e. The minimum Gasteiger partial charge on any atom is -0.494 e. The number of unbranched alkanes of at least 4 members (excludes halogenated alkanes) is 1. The van der Waals surface area contributed by atoms with Crippen molar-refractivity contribution in [3.8, 4) is 18.1 Å². The summed E-state index contributed by atoms with van der Waals surface area (Å²) in [4.78, 5) is 146. The second-order valence-electron chi connectivity index (χ2n) is 24.0. The highest BCUT2D eigenvalue weighted by Crippen LogP contribution is 2.32. The molecule has 30 heteroatoms. The number of hydrogen-bond donors (Lipinski definition) is 4. The van der Waals surface area contributed by atoms with E-state index in [0.29, 0.717) is 179 Å². The van der Waals surface area contributed by atoms with Gasteiger partial charge in [-0.15, -0.1) is 18.2 Å². The molecule has 518 valence electrons. The predicted molar refractivity (Wildman–Crippen MR) is 357 cm³/mol. The van der Waals surface area contributed by atoms with E-state index in [1.807, 2.05) is 26.8 Å². The van der Waals surface area contributed by atoms with Crippen molar-refractivity contribution in [3.05, 3.63) is 69.4 Å². The lowest BCUT2D eigenvalue weighted by atomic mass is 10.1. The number of carboxylic acids is 1. The van der Waals surface area contributed by atoms with E-state index in [-0.39, 0.29) is 81.0 Å². The van der Waals surface area contributed by atoms with E-state index in [2.05, 4.69) is 66.5 Å².